The molecule has 0 amide bonds. The highest BCUT2D eigenvalue weighted by atomic mass is 35.5. The van der Waals surface area contributed by atoms with Gasteiger partial charge in [0.2, 0.25) is 0 Å². The largest absolute Gasteiger partial charge is 0.508 e. The average Bonchev–Trinajstić information content (AvgIpc) is 3.59. The number of likely N-dealkylation sites (N-methyl/N-ethyl adjacent to an activating group) is 1. The van der Waals surface area contributed by atoms with Crippen LogP contribution in [-0.4, -0.2) is 82.0 Å². The Kier molecular flexibility index (Phi) is 7.33. The number of pyridine rings is 1. The van der Waals surface area contributed by atoms with Gasteiger partial charge in [-0.2, -0.15) is 23.1 Å². The van der Waals surface area contributed by atoms with Gasteiger partial charge in [-0.1, -0.05) is 11.6 Å². The highest BCUT2D eigenvalue weighted by molar-refractivity contribution is 6.32. The first-order chi connectivity index (χ1) is 19.9. The molecule has 5 heterocycles. The molecule has 42 heavy (non-hydrogen) atoms. The molecule has 2 N–H and O–H groups in total. The number of halogens is 6. The molecule has 4 atom stereocenters. The van der Waals surface area contributed by atoms with Gasteiger partial charge in [0.15, 0.2) is 5.82 Å². The van der Waals surface area contributed by atoms with Gasteiger partial charge in [0.05, 0.1) is 21.5 Å². The molecular weight excluding hydrogens is 583 g/mol. The number of alkyl halides is 4. The van der Waals surface area contributed by atoms with E-state index in [1.165, 1.54) is 6.20 Å². The van der Waals surface area contributed by atoms with Crippen molar-refractivity contribution < 1.29 is 31.8 Å². The number of ether oxygens (including phenoxy) is 1. The normalized spacial score (nSPS) is 26.2. The summed E-state index contributed by atoms with van der Waals surface area (Å²) in [4.78, 5) is 16.9. The van der Waals surface area contributed by atoms with Crippen LogP contribution in [-0.2, 0) is 6.18 Å². The minimum Gasteiger partial charge on any atom is -0.508 e. The predicted molar refractivity (Wildman–Crippen MR) is 147 cm³/mol. The molecule has 3 aromatic rings. The fourth-order valence-electron chi connectivity index (χ4n) is 6.79. The van der Waals surface area contributed by atoms with E-state index in [4.69, 9.17) is 16.3 Å². The molecule has 0 radical (unpaired) electrons. The fourth-order valence-corrected chi connectivity index (χ4v) is 7.11. The van der Waals surface area contributed by atoms with Crippen LogP contribution < -0.4 is 15.0 Å². The zero-order valence-electron chi connectivity index (χ0n) is 23.0. The highest BCUT2D eigenvalue weighted by Gasteiger charge is 2.49. The van der Waals surface area contributed by atoms with Crippen molar-refractivity contribution in [2.75, 3.05) is 38.2 Å². The predicted octanol–water partition coefficient (Wildman–Crippen LogP) is 5.35. The first kappa shape index (κ1) is 29.1. The van der Waals surface area contributed by atoms with Crippen LogP contribution in [0.4, 0.5) is 27.8 Å². The van der Waals surface area contributed by atoms with Crippen molar-refractivity contribution in [3.63, 3.8) is 0 Å². The molecule has 0 saturated carbocycles. The number of rotatable bonds is 6. The van der Waals surface area contributed by atoms with Crippen LogP contribution in [0.1, 0.15) is 38.2 Å². The number of anilines is 1. The number of phenolic OH excluding ortho intramolecular Hbond substituents is 1. The van der Waals surface area contributed by atoms with E-state index in [2.05, 4.69) is 25.2 Å². The number of hydrogen-bond acceptors (Lipinski definition) is 8. The Labute approximate surface area is 243 Å². The zero-order valence-corrected chi connectivity index (χ0v) is 23.7. The summed E-state index contributed by atoms with van der Waals surface area (Å²) in [6.07, 6.45) is -2.00. The van der Waals surface area contributed by atoms with Gasteiger partial charge in [0, 0.05) is 43.9 Å². The maximum Gasteiger partial charge on any atom is 0.418 e. The number of nitrogens with one attached hydrogen (secondary N) is 1. The molecule has 0 aliphatic carbocycles. The molecule has 6 rings (SSSR count). The Morgan fingerprint density at radius 3 is 2.79 bits per heavy atom. The molecule has 1 aromatic carbocycles. The van der Waals surface area contributed by atoms with Crippen LogP contribution in [0.15, 0.2) is 18.3 Å². The van der Waals surface area contributed by atoms with E-state index in [1.54, 1.807) is 7.05 Å². The van der Waals surface area contributed by atoms with Crippen LogP contribution in [0.2, 0.25) is 5.02 Å². The SMILES string of the molecule is C[C@H]1NCC[C@H]1N(C)c1nc(OC[C@@]23CCCN2C[C@H](F)C3)nc2c(F)c(-c3cc(O)cc(Cl)c3C(F)(F)F)ncc12. The number of benzene rings is 1. The number of fused-ring (bicyclic) bond motifs is 2. The maximum absolute atomic E-state index is 16.3. The van der Waals surface area contributed by atoms with Crippen molar-refractivity contribution in [2.24, 2.45) is 0 Å². The first-order valence-corrected chi connectivity index (χ1v) is 14.2. The average molecular weight is 613 g/mol. The van der Waals surface area contributed by atoms with E-state index in [0.29, 0.717) is 18.8 Å². The second-order valence-corrected chi connectivity index (χ2v) is 11.8. The van der Waals surface area contributed by atoms with Crippen LogP contribution in [0, 0.1) is 5.82 Å². The van der Waals surface area contributed by atoms with E-state index in [1.807, 2.05) is 11.8 Å². The van der Waals surface area contributed by atoms with Crippen LogP contribution in [0.25, 0.3) is 22.2 Å². The molecule has 0 bridgehead atoms. The maximum atomic E-state index is 16.3. The van der Waals surface area contributed by atoms with Crippen molar-refractivity contribution >= 4 is 28.3 Å². The summed E-state index contributed by atoms with van der Waals surface area (Å²) < 4.78 is 78.6. The molecular formula is C28H30ClF5N6O2. The summed E-state index contributed by atoms with van der Waals surface area (Å²) in [6, 6.07) is 1.39. The summed E-state index contributed by atoms with van der Waals surface area (Å²) in [5, 5.41) is 12.8. The van der Waals surface area contributed by atoms with Crippen LogP contribution >= 0.6 is 11.6 Å². The van der Waals surface area contributed by atoms with Crippen molar-refractivity contribution in [1.82, 2.24) is 25.2 Å². The third-order valence-corrected chi connectivity index (χ3v) is 9.10. The smallest absolute Gasteiger partial charge is 0.418 e. The van der Waals surface area contributed by atoms with E-state index in [-0.39, 0.29) is 35.6 Å². The number of aromatic hydroxyl groups is 1. The zero-order chi connectivity index (χ0) is 30.0. The Morgan fingerprint density at radius 2 is 2.07 bits per heavy atom. The lowest BCUT2D eigenvalue weighted by Crippen LogP contribution is -2.43. The van der Waals surface area contributed by atoms with Crippen LogP contribution in [0.3, 0.4) is 0 Å². The molecule has 3 saturated heterocycles. The molecule has 14 heteroatoms. The molecule has 226 valence electrons. The van der Waals surface area contributed by atoms with Crippen LogP contribution in [0.5, 0.6) is 11.8 Å². The monoisotopic (exact) mass is 612 g/mol. The standard InChI is InChI=1S/C28H30ClF5N6O2/c1-14-20(4-6-35-14)39(2)25-18-11-36-23(17-8-16(41)9-19(29)21(17)28(32,33)34)22(31)24(18)37-26(38-25)42-13-27-5-3-7-40(27)12-15(30)10-27/h8-9,11,14-15,20,35,41H,3-7,10,12-13H2,1-2H3/t14-,15-,20-,27+/m1/s1. The molecule has 0 unspecified atom stereocenters. The molecule has 3 aliphatic rings. The lowest BCUT2D eigenvalue weighted by atomic mass is 9.95. The first-order valence-electron chi connectivity index (χ1n) is 13.8. The third kappa shape index (κ3) is 4.98. The summed E-state index contributed by atoms with van der Waals surface area (Å²) >= 11 is 5.86. The van der Waals surface area contributed by atoms with E-state index >= 15 is 4.39 Å². The Bertz CT molecular complexity index is 1530. The van der Waals surface area contributed by atoms with E-state index in [0.717, 1.165) is 44.5 Å². The van der Waals surface area contributed by atoms with Crippen molar-refractivity contribution in [3.8, 4) is 23.0 Å². The van der Waals surface area contributed by atoms with E-state index in [9.17, 15) is 22.7 Å². The van der Waals surface area contributed by atoms with Gasteiger partial charge in [0.25, 0.3) is 0 Å². The lowest BCUT2D eigenvalue weighted by Gasteiger charge is -2.32. The lowest BCUT2D eigenvalue weighted by molar-refractivity contribution is -0.137. The van der Waals surface area contributed by atoms with Gasteiger partial charge in [-0.3, -0.25) is 9.88 Å². The number of aromatic nitrogens is 3. The Balaban J connectivity index is 1.48. The minimum atomic E-state index is -4.96. The van der Waals surface area contributed by atoms with Gasteiger partial charge >= 0.3 is 12.2 Å². The summed E-state index contributed by atoms with van der Waals surface area (Å²) in [7, 11) is 1.80. The van der Waals surface area contributed by atoms with Crippen molar-refractivity contribution in [3.05, 3.63) is 34.7 Å². The molecule has 2 aromatic heterocycles. The molecule has 0 spiro atoms. The summed E-state index contributed by atoms with van der Waals surface area (Å²) in [5.41, 5.74) is -3.55. The van der Waals surface area contributed by atoms with Gasteiger partial charge in [-0.15, -0.1) is 0 Å². The Hall–Kier alpha value is -3.03. The molecule has 3 aliphatic heterocycles. The second kappa shape index (κ2) is 10.6. The number of hydrogen-bond donors (Lipinski definition) is 2. The quantitative estimate of drug-likeness (QED) is 0.361. The number of nitrogens with zero attached hydrogens (tertiary/aromatic N) is 5. The molecule has 8 nitrogen and oxygen atoms in total. The Morgan fingerprint density at radius 1 is 1.29 bits per heavy atom. The van der Waals surface area contributed by atoms with Gasteiger partial charge in [-0.25, -0.2) is 8.78 Å². The van der Waals surface area contributed by atoms with E-state index < -0.39 is 51.3 Å². The summed E-state index contributed by atoms with van der Waals surface area (Å²) in [6.45, 7) is 3.93. The van der Waals surface area contributed by atoms with Crippen molar-refractivity contribution in [2.45, 2.75) is 62.6 Å². The molecule has 3 fully saturated rings. The van der Waals surface area contributed by atoms with Gasteiger partial charge < -0.3 is 20.1 Å². The van der Waals surface area contributed by atoms with Gasteiger partial charge in [0.1, 0.15) is 35.6 Å². The third-order valence-electron chi connectivity index (χ3n) is 8.80. The highest BCUT2D eigenvalue weighted by Crippen LogP contribution is 2.45. The number of phenols is 1. The van der Waals surface area contributed by atoms with Gasteiger partial charge in [-0.05, 0) is 51.4 Å². The minimum absolute atomic E-state index is 0.0218. The topological polar surface area (TPSA) is 86.6 Å². The summed E-state index contributed by atoms with van der Waals surface area (Å²) in [5.74, 6) is -1.43. The van der Waals surface area contributed by atoms with Crippen molar-refractivity contribution in [1.29, 1.82) is 0 Å². The second-order valence-electron chi connectivity index (χ2n) is 11.4. The fraction of sp³-hybridized carbons (Fsp3) is 0.536.